The fourth-order valence-corrected chi connectivity index (χ4v) is 0. The minimum atomic E-state index is -0.833. The van der Waals surface area contributed by atoms with Crippen molar-refractivity contribution in [2.24, 2.45) is 0 Å². The van der Waals surface area contributed by atoms with Crippen LogP contribution in [0, 0.1) is 0 Å². The molecule has 0 rings (SSSR count). The van der Waals surface area contributed by atoms with Gasteiger partial charge in [-0.2, -0.15) is 0 Å². The van der Waals surface area contributed by atoms with Crippen LogP contribution in [-0.4, -0.2) is 27.9 Å². The van der Waals surface area contributed by atoms with Crippen LogP contribution in [0.15, 0.2) is 0 Å². The minimum Gasteiger partial charge on any atom is -1.00 e. The Balaban J connectivity index is -0.00000000667. The molecule has 0 amide bonds. The molecule has 2 nitrogen and oxygen atoms in total. The molecule has 0 aliphatic carbocycles. The predicted octanol–water partition coefficient (Wildman–Crippen LogP) is 0.0296. The van der Waals surface area contributed by atoms with Gasteiger partial charge in [0.15, 0.2) is 0 Å². The molecule has 0 saturated heterocycles. The van der Waals surface area contributed by atoms with Gasteiger partial charge in [-0.15, -0.1) is 0 Å². The Hall–Kier alpha value is 0.826. The third-order valence-electron chi connectivity index (χ3n) is 0. The van der Waals surface area contributed by atoms with Gasteiger partial charge in [0.05, 0.1) is 0 Å². The topological polar surface area (TPSA) is 37.3 Å². The summed E-state index contributed by atoms with van der Waals surface area (Å²) in [6.45, 7) is 0. The summed E-state index contributed by atoms with van der Waals surface area (Å²) in [5, 5.41) is 0. The third-order valence-corrected chi connectivity index (χ3v) is 0. The fraction of sp³-hybridized carbons (Fsp3) is 0. The van der Waals surface area contributed by atoms with Gasteiger partial charge in [-0.1, -0.05) is 0 Å². The number of hydrogen-bond acceptors (Lipinski definition) is 1. The molecule has 0 aromatic carbocycles. The van der Waals surface area contributed by atoms with Gasteiger partial charge in [0.1, 0.15) is 0 Å². The first kappa shape index (κ1) is 8.85. The van der Waals surface area contributed by atoms with E-state index in [0.29, 0.717) is 0 Å². The summed E-state index contributed by atoms with van der Waals surface area (Å²) < 4.78 is 8.46. The van der Waals surface area contributed by atoms with E-state index in [1.807, 2.05) is 0 Å². The summed E-state index contributed by atoms with van der Waals surface area (Å²) in [7, 11) is -0.833. The Morgan fingerprint density at radius 2 is 2.00 bits per heavy atom. The Bertz CT molecular complexity index is 19.0. The third kappa shape index (κ3) is 13.8. The molecule has 0 radical (unpaired) electrons. The van der Waals surface area contributed by atoms with E-state index >= 15 is 0 Å². The second-order valence-corrected chi connectivity index (χ2v) is 0.245. The van der Waals surface area contributed by atoms with Crippen LogP contribution in [0.25, 0.3) is 0 Å². The maximum atomic E-state index is 8.46. The summed E-state index contributed by atoms with van der Waals surface area (Å²) in [5.41, 5.74) is 0. The van der Waals surface area contributed by atoms with E-state index in [9.17, 15) is 0 Å². The van der Waals surface area contributed by atoms with E-state index in [4.69, 9.17) is 9.46 Å². The van der Waals surface area contributed by atoms with Crippen LogP contribution in [-0.2, 0) is 4.57 Å². The maximum absolute atomic E-state index is 8.46. The molecule has 0 aromatic rings. The quantitative estimate of drug-likeness (QED) is 0.336. The number of rotatable bonds is 0. The fourth-order valence-electron chi connectivity index (χ4n) is 0. The van der Waals surface area contributed by atoms with Gasteiger partial charge in [0, 0.05) is 0 Å². The van der Waals surface area contributed by atoms with Crippen LogP contribution in [0.4, 0.5) is 0 Å². The van der Waals surface area contributed by atoms with Gasteiger partial charge in [-0.3, -0.25) is 0 Å². The van der Waals surface area contributed by atoms with Gasteiger partial charge in [-0.25, -0.2) is 4.57 Å². The average Bonchev–Trinajstić information content (AvgIpc) is 0.918. The zero-order valence-corrected chi connectivity index (χ0v) is 4.32. The summed E-state index contributed by atoms with van der Waals surface area (Å²) in [4.78, 5) is 6.99. The second-order valence-electron chi connectivity index (χ2n) is 0.0816. The Morgan fingerprint density at radius 1 is 2.00 bits per heavy atom. The molecule has 0 unspecified atom stereocenters. The first-order chi connectivity index (χ1) is 1.41. The van der Waals surface area contributed by atoms with E-state index in [1.165, 1.54) is 0 Å². The predicted molar refractivity (Wildman–Crippen MR) is 17.8 cm³/mol. The molecule has 0 bridgehead atoms. The summed E-state index contributed by atoms with van der Waals surface area (Å²) >= 11 is 0. The van der Waals surface area contributed by atoms with Gasteiger partial charge >= 0.3 is 31.7 Å². The molecule has 22 valence electrons. The minimum absolute atomic E-state index is 0. The SMILES string of the molecule is O=PO.[H-].[H-].[Mg+2]. The monoisotopic (exact) mass is 90.0 g/mol. The molecule has 0 aliphatic rings. The van der Waals surface area contributed by atoms with Crippen molar-refractivity contribution in [1.29, 1.82) is 0 Å². The first-order valence-electron chi connectivity index (χ1n) is 0.383. The van der Waals surface area contributed by atoms with E-state index in [1.54, 1.807) is 0 Å². The smallest absolute Gasteiger partial charge is 1.00 e. The van der Waals surface area contributed by atoms with Crippen molar-refractivity contribution in [3.8, 4) is 0 Å². The standard InChI is InChI=1S/Mg.HO2P.2H/c;1-3-2;;/h;(H,1,2);;/q+2;;2*-1. The zero-order chi connectivity index (χ0) is 2.71. The second kappa shape index (κ2) is 9.16. The van der Waals surface area contributed by atoms with Crippen LogP contribution in [0.3, 0.4) is 0 Å². The molecule has 0 fully saturated rings. The van der Waals surface area contributed by atoms with Crippen molar-refractivity contribution >= 4 is 31.7 Å². The van der Waals surface area contributed by atoms with Crippen LogP contribution in [0.1, 0.15) is 2.85 Å². The molecule has 1 N–H and O–H groups in total. The van der Waals surface area contributed by atoms with Crippen molar-refractivity contribution in [3.63, 3.8) is 0 Å². The zero-order valence-electron chi connectivity index (χ0n) is 4.01. The van der Waals surface area contributed by atoms with Gasteiger partial charge in [-0.05, 0) is 0 Å². The Labute approximate surface area is 44.6 Å². The maximum Gasteiger partial charge on any atom is 2.00 e. The Morgan fingerprint density at radius 3 is 2.00 bits per heavy atom. The summed E-state index contributed by atoms with van der Waals surface area (Å²) in [5.74, 6) is 0. The molecule has 0 aromatic heterocycles. The van der Waals surface area contributed by atoms with Crippen molar-refractivity contribution < 1.29 is 12.3 Å². The van der Waals surface area contributed by atoms with Crippen molar-refractivity contribution in [1.82, 2.24) is 0 Å². The molecule has 0 heterocycles. The molecular formula is H3MgO2P. The molecule has 4 heavy (non-hydrogen) atoms. The molecule has 0 spiro atoms. The first-order valence-corrected chi connectivity index (χ1v) is 1.15. The summed E-state index contributed by atoms with van der Waals surface area (Å²) in [6.07, 6.45) is 0. The van der Waals surface area contributed by atoms with Crippen molar-refractivity contribution in [2.75, 3.05) is 0 Å². The van der Waals surface area contributed by atoms with Gasteiger partial charge in [0.2, 0.25) is 0 Å². The van der Waals surface area contributed by atoms with Gasteiger partial charge in [0.25, 0.3) is 0 Å². The van der Waals surface area contributed by atoms with Gasteiger partial charge < -0.3 is 7.75 Å². The van der Waals surface area contributed by atoms with E-state index in [0.717, 1.165) is 0 Å². The van der Waals surface area contributed by atoms with Crippen LogP contribution < -0.4 is 0 Å². The molecule has 0 atom stereocenters. The van der Waals surface area contributed by atoms with Crippen LogP contribution in [0.2, 0.25) is 0 Å². The molecule has 0 aliphatic heterocycles. The molecular weight excluding hydrogens is 87.3 g/mol. The Kier molecular flexibility index (Phi) is 20.3. The normalized spacial score (nSPS) is 5.25. The van der Waals surface area contributed by atoms with E-state index in [2.05, 4.69) is 0 Å². The van der Waals surface area contributed by atoms with E-state index < -0.39 is 8.69 Å². The van der Waals surface area contributed by atoms with Crippen molar-refractivity contribution in [2.45, 2.75) is 0 Å². The van der Waals surface area contributed by atoms with Crippen LogP contribution >= 0.6 is 8.69 Å². The van der Waals surface area contributed by atoms with E-state index in [-0.39, 0.29) is 25.9 Å². The summed E-state index contributed by atoms with van der Waals surface area (Å²) in [6, 6.07) is 0. The van der Waals surface area contributed by atoms with Crippen LogP contribution in [0.5, 0.6) is 0 Å². The van der Waals surface area contributed by atoms with Crippen molar-refractivity contribution in [3.05, 3.63) is 0 Å². The molecule has 0 saturated carbocycles. The molecule has 4 heteroatoms. The average molecular weight is 90.3 g/mol. The largest absolute Gasteiger partial charge is 2.00 e. The number of hydrogen-bond donors (Lipinski definition) is 1.